The maximum absolute atomic E-state index is 12.7. The first-order valence-electron chi connectivity index (χ1n) is 7.64. The van der Waals surface area contributed by atoms with E-state index in [1.165, 1.54) is 4.90 Å². The van der Waals surface area contributed by atoms with Crippen LogP contribution in [0.3, 0.4) is 0 Å². The molecule has 25 heavy (non-hydrogen) atoms. The number of rotatable bonds is 5. The molecule has 0 radical (unpaired) electrons. The fourth-order valence-corrected chi connectivity index (χ4v) is 2.39. The summed E-state index contributed by atoms with van der Waals surface area (Å²) in [6, 6.07) is 4.82. The Hall–Kier alpha value is -2.52. The van der Waals surface area contributed by atoms with E-state index in [0.29, 0.717) is 5.69 Å². The van der Waals surface area contributed by atoms with Gasteiger partial charge < -0.3 is 19.7 Å². The molecule has 0 aromatic carbocycles. The van der Waals surface area contributed by atoms with E-state index in [-0.39, 0.29) is 19.0 Å². The van der Waals surface area contributed by atoms with Crippen molar-refractivity contribution >= 4 is 23.7 Å². The number of hydrogen-bond acceptors (Lipinski definition) is 7. The second-order valence-electron chi connectivity index (χ2n) is 6.09. The molecule has 0 unspecified atom stereocenters. The summed E-state index contributed by atoms with van der Waals surface area (Å²) < 4.78 is 9.95. The predicted octanol–water partition coefficient (Wildman–Crippen LogP) is 0.0571. The maximum Gasteiger partial charge on any atom is 0.348 e. The van der Waals surface area contributed by atoms with E-state index in [1.807, 2.05) is 0 Å². The van der Waals surface area contributed by atoms with Crippen LogP contribution in [0.2, 0.25) is 0 Å². The van der Waals surface area contributed by atoms with E-state index in [0.717, 1.165) is 6.92 Å². The summed E-state index contributed by atoms with van der Waals surface area (Å²) in [5.41, 5.74) is -0.845. The summed E-state index contributed by atoms with van der Waals surface area (Å²) in [5, 5.41) is 19.3. The third kappa shape index (κ3) is 4.31. The monoisotopic (exact) mass is 352 g/mol. The number of carboxylic acid groups (broad SMARTS) is 1. The summed E-state index contributed by atoms with van der Waals surface area (Å²) in [6.07, 6.45) is -3.21. The van der Waals surface area contributed by atoms with Crippen molar-refractivity contribution in [2.75, 3.05) is 18.1 Å². The van der Waals surface area contributed by atoms with Gasteiger partial charge in [-0.15, -0.1) is 0 Å². The zero-order chi connectivity index (χ0) is 18.8. The molecule has 0 aliphatic carbocycles. The Morgan fingerprint density at radius 2 is 2.12 bits per heavy atom. The van der Waals surface area contributed by atoms with Crippen LogP contribution >= 0.6 is 0 Å². The number of ether oxygens (including phenoxy) is 2. The normalized spacial score (nSPS) is 19.4. The van der Waals surface area contributed by atoms with E-state index in [2.05, 4.69) is 4.98 Å². The van der Waals surface area contributed by atoms with Gasteiger partial charge in [0.05, 0.1) is 18.8 Å². The molecular formula is C16H20N2O7. The number of carbonyl (C=O) groups excluding carboxylic acids is 2. The molecular weight excluding hydrogens is 332 g/mol. The lowest BCUT2D eigenvalue weighted by molar-refractivity contribution is -0.177. The van der Waals surface area contributed by atoms with Crippen molar-refractivity contribution in [2.45, 2.75) is 38.6 Å². The van der Waals surface area contributed by atoms with Crippen molar-refractivity contribution in [3.05, 3.63) is 23.9 Å². The van der Waals surface area contributed by atoms with Gasteiger partial charge in [-0.05, 0) is 26.0 Å². The number of carboxylic acids is 1. The highest BCUT2D eigenvalue weighted by Gasteiger charge is 2.43. The maximum atomic E-state index is 12.7. The minimum atomic E-state index is -1.75. The van der Waals surface area contributed by atoms with Gasteiger partial charge in [0.2, 0.25) is 6.10 Å². The zero-order valence-electron chi connectivity index (χ0n) is 14.1. The van der Waals surface area contributed by atoms with Gasteiger partial charge in [0.1, 0.15) is 11.4 Å². The lowest BCUT2D eigenvalue weighted by Gasteiger charge is -2.34. The van der Waals surface area contributed by atoms with Gasteiger partial charge in [-0.2, -0.15) is 0 Å². The molecule has 0 bridgehead atoms. The smallest absolute Gasteiger partial charge is 0.348 e. The number of anilines is 1. The number of esters is 1. The third-order valence-electron chi connectivity index (χ3n) is 3.57. The number of nitrogens with zero attached hydrogens (tertiary/aromatic N) is 2. The van der Waals surface area contributed by atoms with Crippen molar-refractivity contribution in [2.24, 2.45) is 0 Å². The van der Waals surface area contributed by atoms with Crippen LogP contribution in [0.15, 0.2) is 18.2 Å². The molecule has 1 aromatic rings. The van der Waals surface area contributed by atoms with Gasteiger partial charge in [0.25, 0.3) is 5.91 Å². The largest absolute Gasteiger partial charge is 0.478 e. The molecule has 1 amide bonds. The molecule has 2 rings (SSSR count). The Balaban J connectivity index is 2.30. The molecule has 1 aliphatic heterocycles. The quantitative estimate of drug-likeness (QED) is 0.712. The van der Waals surface area contributed by atoms with Gasteiger partial charge in [0, 0.05) is 6.92 Å². The molecule has 9 nitrogen and oxygen atoms in total. The summed E-state index contributed by atoms with van der Waals surface area (Å²) in [4.78, 5) is 40.6. The second-order valence-corrected chi connectivity index (χ2v) is 6.09. The van der Waals surface area contributed by atoms with E-state index in [9.17, 15) is 24.6 Å². The molecule has 1 fully saturated rings. The average molecular weight is 352 g/mol. The van der Waals surface area contributed by atoms with Crippen LogP contribution in [0.4, 0.5) is 5.82 Å². The molecule has 0 spiro atoms. The lowest BCUT2D eigenvalue weighted by Crippen LogP contribution is -2.56. The Kier molecular flexibility index (Phi) is 5.39. The number of hydrogen-bond donors (Lipinski definition) is 2. The molecule has 136 valence electrons. The lowest BCUT2D eigenvalue weighted by atomic mass is 10.0. The van der Waals surface area contributed by atoms with Crippen molar-refractivity contribution in [3.63, 3.8) is 0 Å². The van der Waals surface area contributed by atoms with Crippen molar-refractivity contribution in [1.82, 2.24) is 4.98 Å². The number of aromatic nitrogens is 1. The Morgan fingerprint density at radius 1 is 1.44 bits per heavy atom. The highest BCUT2D eigenvalue weighted by Crippen LogP contribution is 2.24. The fourth-order valence-electron chi connectivity index (χ4n) is 2.39. The molecule has 1 aromatic heterocycles. The van der Waals surface area contributed by atoms with Crippen molar-refractivity contribution < 1.29 is 34.1 Å². The SMILES string of the molecule is CC(=O)O[C@@H](C(=O)O)[C@H]1OCCN(c2cccc(C(C)(C)O)n2)C1=O. The Morgan fingerprint density at radius 3 is 2.68 bits per heavy atom. The highest BCUT2D eigenvalue weighted by molar-refractivity contribution is 5.99. The molecule has 1 saturated heterocycles. The first-order valence-corrected chi connectivity index (χ1v) is 7.64. The summed E-state index contributed by atoms with van der Waals surface area (Å²) in [6.45, 7) is 4.38. The highest BCUT2D eigenvalue weighted by atomic mass is 16.6. The van der Waals surface area contributed by atoms with E-state index >= 15 is 0 Å². The fraction of sp³-hybridized carbons (Fsp3) is 0.500. The molecule has 1 aliphatic rings. The Labute approximate surface area is 144 Å². The van der Waals surface area contributed by atoms with E-state index in [4.69, 9.17) is 9.47 Å². The van der Waals surface area contributed by atoms with Gasteiger partial charge in [-0.1, -0.05) is 6.07 Å². The van der Waals surface area contributed by atoms with Crippen LogP contribution < -0.4 is 4.90 Å². The third-order valence-corrected chi connectivity index (χ3v) is 3.57. The van der Waals surface area contributed by atoms with Crippen LogP contribution in [-0.4, -0.2) is 58.4 Å². The van der Waals surface area contributed by atoms with Crippen LogP contribution in [0.25, 0.3) is 0 Å². The number of carbonyl (C=O) groups is 3. The van der Waals surface area contributed by atoms with Gasteiger partial charge in [-0.25, -0.2) is 9.78 Å². The predicted molar refractivity (Wildman–Crippen MR) is 84.8 cm³/mol. The Bertz CT molecular complexity index is 683. The number of pyridine rings is 1. The number of morpholine rings is 1. The van der Waals surface area contributed by atoms with Gasteiger partial charge >= 0.3 is 11.9 Å². The van der Waals surface area contributed by atoms with E-state index in [1.54, 1.807) is 32.0 Å². The van der Waals surface area contributed by atoms with Gasteiger partial charge in [-0.3, -0.25) is 14.5 Å². The topological polar surface area (TPSA) is 126 Å². The number of aliphatic carboxylic acids is 1. The van der Waals surface area contributed by atoms with Crippen LogP contribution in [0.1, 0.15) is 26.5 Å². The molecule has 2 atom stereocenters. The summed E-state index contributed by atoms with van der Waals surface area (Å²) in [7, 11) is 0. The van der Waals surface area contributed by atoms with Gasteiger partial charge in [0.15, 0.2) is 6.10 Å². The standard InChI is InChI=1S/C16H20N2O7/c1-9(19)25-13(15(21)22)12-14(20)18(7-8-24-12)11-6-4-5-10(17-11)16(2,3)23/h4-6,12-13,23H,7-8H2,1-3H3,(H,21,22)/t12-,13-/m1/s1. The minimum absolute atomic E-state index is 0.0515. The van der Waals surface area contributed by atoms with E-state index < -0.39 is 35.7 Å². The van der Waals surface area contributed by atoms with Crippen LogP contribution in [-0.2, 0) is 29.5 Å². The van der Waals surface area contributed by atoms with Crippen molar-refractivity contribution in [1.29, 1.82) is 0 Å². The molecule has 2 N–H and O–H groups in total. The summed E-state index contributed by atoms with van der Waals surface area (Å²) in [5.74, 6) is -2.73. The molecule has 2 heterocycles. The van der Waals surface area contributed by atoms with Crippen LogP contribution in [0, 0.1) is 0 Å². The first-order chi connectivity index (χ1) is 11.6. The summed E-state index contributed by atoms with van der Waals surface area (Å²) >= 11 is 0. The first kappa shape index (κ1) is 18.8. The second kappa shape index (κ2) is 7.16. The minimum Gasteiger partial charge on any atom is -0.478 e. The molecule has 9 heteroatoms. The molecule has 0 saturated carbocycles. The zero-order valence-corrected chi connectivity index (χ0v) is 14.1. The number of aliphatic hydroxyl groups is 1. The van der Waals surface area contributed by atoms with Crippen molar-refractivity contribution in [3.8, 4) is 0 Å². The van der Waals surface area contributed by atoms with Crippen LogP contribution in [0.5, 0.6) is 0 Å². The average Bonchev–Trinajstić information content (AvgIpc) is 2.52. The number of amides is 1.